The highest BCUT2D eigenvalue weighted by atomic mass is 32.2. The Bertz CT molecular complexity index is 1610. The third kappa shape index (κ3) is 6.85. The first kappa shape index (κ1) is 31.0. The minimum absolute atomic E-state index is 0.0741. The minimum atomic E-state index is -0.735. The maximum absolute atomic E-state index is 13.5. The zero-order valence-electron chi connectivity index (χ0n) is 23.0. The summed E-state index contributed by atoms with van der Waals surface area (Å²) >= 11 is 6.25. The van der Waals surface area contributed by atoms with Crippen LogP contribution >= 0.6 is 35.7 Å². The van der Waals surface area contributed by atoms with Crippen molar-refractivity contribution >= 4 is 75.9 Å². The third-order valence-corrected chi connectivity index (χ3v) is 9.03. The molecule has 226 valence electrons. The first-order chi connectivity index (χ1) is 21.3. The number of ether oxygens (including phenoxy) is 1. The number of anilines is 1. The van der Waals surface area contributed by atoms with Gasteiger partial charge in [0.1, 0.15) is 16.8 Å². The molecule has 2 aromatic carbocycles. The number of fused-ring (bicyclic) bond motifs is 1. The molecule has 1 fully saturated rings. The molecule has 15 heteroatoms. The molecule has 2 aliphatic heterocycles. The number of thiazole rings is 1. The van der Waals surface area contributed by atoms with Crippen LogP contribution in [0.5, 0.6) is 0 Å². The van der Waals surface area contributed by atoms with Crippen molar-refractivity contribution in [1.29, 1.82) is 0 Å². The number of nitrogens with zero attached hydrogens (tertiary/aromatic N) is 3. The summed E-state index contributed by atoms with van der Waals surface area (Å²) in [5.41, 5.74) is 1.86. The van der Waals surface area contributed by atoms with E-state index in [0.29, 0.717) is 12.0 Å². The van der Waals surface area contributed by atoms with Gasteiger partial charge in [0.2, 0.25) is 24.0 Å². The first-order valence-electron chi connectivity index (χ1n) is 13.1. The summed E-state index contributed by atoms with van der Waals surface area (Å²) in [4.78, 5) is 72.5. The standard InChI is InChI=1S/C29H25N5O7S3/c1-16-24(28(39)42)34-20(36)12-21(34)44-27(16)32-26(38)23(19-14-43-29(31-19)30-15-35)33-40-13-22(37)41-25(17-8-4-2-5-9-17)18-10-6-3-7-11-18/h2-11,14-15,21,25,27H,12-13H2,1H3,(H,32,38)(H,39,42)(H,30,31,35)/t21-,27?/m1/s1. The Balaban J connectivity index is 1.34. The van der Waals surface area contributed by atoms with Gasteiger partial charge in [0.25, 0.3) is 5.91 Å². The molecule has 3 heterocycles. The number of nitrogens with one attached hydrogen (secondary N) is 2. The number of benzene rings is 2. The van der Waals surface area contributed by atoms with Crippen LogP contribution in [0, 0.1) is 0 Å². The number of carbonyl (C=O) groups is 5. The van der Waals surface area contributed by atoms with E-state index in [2.05, 4.69) is 33.4 Å². The lowest BCUT2D eigenvalue weighted by Crippen LogP contribution is -2.57. The number of esters is 1. The van der Waals surface area contributed by atoms with Crippen molar-refractivity contribution in [3.63, 3.8) is 0 Å². The molecule has 12 nitrogen and oxygen atoms in total. The monoisotopic (exact) mass is 651 g/mol. The molecule has 0 aliphatic carbocycles. The van der Waals surface area contributed by atoms with Crippen molar-refractivity contribution in [2.45, 2.75) is 30.2 Å². The second-order valence-corrected chi connectivity index (χ2v) is 12.0. The van der Waals surface area contributed by atoms with Crippen molar-refractivity contribution < 1.29 is 33.5 Å². The molecule has 3 aromatic rings. The van der Waals surface area contributed by atoms with Crippen LogP contribution in [0.2, 0.25) is 0 Å². The van der Waals surface area contributed by atoms with Crippen LogP contribution in [0.4, 0.5) is 5.13 Å². The Kier molecular flexibility index (Phi) is 9.77. The largest absolute Gasteiger partial charge is 0.450 e. The van der Waals surface area contributed by atoms with Crippen molar-refractivity contribution in [2.24, 2.45) is 5.16 Å². The van der Waals surface area contributed by atoms with Crippen LogP contribution in [0.25, 0.3) is 0 Å². The number of carbonyl (C=O) groups excluding carboxylic acids is 5. The van der Waals surface area contributed by atoms with E-state index in [4.69, 9.17) is 9.57 Å². The van der Waals surface area contributed by atoms with Crippen LogP contribution in [0.15, 0.2) is 82.5 Å². The van der Waals surface area contributed by atoms with Gasteiger partial charge in [-0.15, -0.1) is 23.1 Å². The van der Waals surface area contributed by atoms with E-state index in [1.807, 2.05) is 60.7 Å². The van der Waals surface area contributed by atoms with Gasteiger partial charge in [-0.05, 0) is 23.6 Å². The van der Waals surface area contributed by atoms with Crippen LogP contribution in [-0.4, -0.2) is 62.3 Å². The molecule has 2 N–H and O–H groups in total. The molecule has 2 aliphatic rings. The summed E-state index contributed by atoms with van der Waals surface area (Å²) in [6.45, 7) is 1.00. The van der Waals surface area contributed by atoms with Crippen LogP contribution in [0.3, 0.4) is 0 Å². The number of aromatic nitrogens is 1. The van der Waals surface area contributed by atoms with E-state index >= 15 is 0 Å². The average Bonchev–Trinajstić information content (AvgIpc) is 3.48. The summed E-state index contributed by atoms with van der Waals surface area (Å²) in [5, 5.41) is 9.20. The second-order valence-electron chi connectivity index (χ2n) is 9.45. The summed E-state index contributed by atoms with van der Waals surface area (Å²) in [6, 6.07) is 18.4. The summed E-state index contributed by atoms with van der Waals surface area (Å²) < 4.78 is 5.74. The molecule has 1 aromatic heterocycles. The highest BCUT2D eigenvalue weighted by Gasteiger charge is 2.47. The molecule has 0 radical (unpaired) electrons. The molecular weight excluding hydrogens is 627 g/mol. The molecule has 44 heavy (non-hydrogen) atoms. The number of thioether (sulfide) groups is 1. The molecule has 1 saturated heterocycles. The molecule has 5 rings (SSSR count). The SMILES string of the molecule is CC1=C(C(=O)S)N2C(=O)C[C@H]2SC1NC(=O)C(=NOCC(=O)OC(c1ccccc1)c1ccccc1)c1csc(NC=O)n1. The maximum atomic E-state index is 13.5. The lowest BCUT2D eigenvalue weighted by molar-refractivity contribution is -0.153. The molecular formula is C29H25N5O7S3. The van der Waals surface area contributed by atoms with E-state index in [1.165, 1.54) is 22.0 Å². The Hall–Kier alpha value is -4.47. The number of β-lactam (4-membered cyclic amide) rings is 1. The van der Waals surface area contributed by atoms with Gasteiger partial charge in [0.05, 0.1) is 11.8 Å². The van der Waals surface area contributed by atoms with E-state index in [9.17, 15) is 24.0 Å². The smallest absolute Gasteiger partial charge is 0.347 e. The fourth-order valence-electron chi connectivity index (χ4n) is 4.54. The zero-order valence-corrected chi connectivity index (χ0v) is 25.6. The zero-order chi connectivity index (χ0) is 31.2. The summed E-state index contributed by atoms with van der Waals surface area (Å²) in [5.74, 6) is -1.67. The number of oxime groups is 1. The number of thiol groups is 1. The Labute approximate surface area is 265 Å². The topological polar surface area (TPSA) is 156 Å². The number of hydrogen-bond donors (Lipinski definition) is 3. The highest BCUT2D eigenvalue weighted by molar-refractivity contribution is 8.01. The molecule has 0 saturated carbocycles. The van der Waals surface area contributed by atoms with E-state index in [0.717, 1.165) is 22.5 Å². The van der Waals surface area contributed by atoms with Crippen molar-refractivity contribution in [3.05, 3.63) is 94.1 Å². The third-order valence-electron chi connectivity index (χ3n) is 6.61. The predicted octanol–water partition coefficient (Wildman–Crippen LogP) is 3.24. The van der Waals surface area contributed by atoms with E-state index in [1.54, 1.807) is 6.92 Å². The average molecular weight is 652 g/mol. The molecule has 0 spiro atoms. The fraction of sp³-hybridized carbons (Fsp3) is 0.207. The van der Waals surface area contributed by atoms with Gasteiger partial charge >= 0.3 is 5.97 Å². The Morgan fingerprint density at radius 3 is 2.39 bits per heavy atom. The second kappa shape index (κ2) is 13.9. The van der Waals surface area contributed by atoms with Crippen LogP contribution in [-0.2, 0) is 33.5 Å². The van der Waals surface area contributed by atoms with E-state index in [-0.39, 0.29) is 39.9 Å². The van der Waals surface area contributed by atoms with E-state index < -0.39 is 35.1 Å². The number of rotatable bonds is 12. The van der Waals surface area contributed by atoms with Crippen molar-refractivity contribution in [3.8, 4) is 0 Å². The maximum Gasteiger partial charge on any atom is 0.347 e. The molecule has 2 atom stereocenters. The Morgan fingerprint density at radius 1 is 1.14 bits per heavy atom. The normalized spacial score (nSPS) is 17.8. The molecule has 1 unspecified atom stereocenters. The molecule has 0 bridgehead atoms. The van der Waals surface area contributed by atoms with Gasteiger partial charge in [0.15, 0.2) is 16.9 Å². The van der Waals surface area contributed by atoms with Gasteiger partial charge in [-0.3, -0.25) is 24.1 Å². The van der Waals surface area contributed by atoms with Crippen molar-refractivity contribution in [2.75, 3.05) is 11.9 Å². The predicted molar refractivity (Wildman–Crippen MR) is 167 cm³/mol. The van der Waals surface area contributed by atoms with Crippen molar-refractivity contribution in [1.82, 2.24) is 15.2 Å². The quantitative estimate of drug-likeness (QED) is 0.0668. The summed E-state index contributed by atoms with van der Waals surface area (Å²) in [6.07, 6.45) is -0.0486. The first-order valence-corrected chi connectivity index (χ1v) is 15.4. The summed E-state index contributed by atoms with van der Waals surface area (Å²) in [7, 11) is 0. The number of hydrogen-bond acceptors (Lipinski definition) is 11. The lowest BCUT2D eigenvalue weighted by atomic mass is 10.0. The lowest BCUT2D eigenvalue weighted by Gasteiger charge is -2.46. The fourth-order valence-corrected chi connectivity index (χ4v) is 6.87. The highest BCUT2D eigenvalue weighted by Crippen LogP contribution is 2.43. The minimum Gasteiger partial charge on any atom is -0.450 e. The van der Waals surface area contributed by atoms with Gasteiger partial charge in [0, 0.05) is 5.38 Å². The van der Waals surface area contributed by atoms with Gasteiger partial charge in [-0.2, -0.15) is 0 Å². The van der Waals surface area contributed by atoms with Gasteiger partial charge in [-0.25, -0.2) is 9.78 Å². The molecule has 3 amide bonds. The number of amides is 3. The van der Waals surface area contributed by atoms with Crippen LogP contribution in [0.1, 0.15) is 36.3 Å². The van der Waals surface area contributed by atoms with Gasteiger partial charge < -0.3 is 20.2 Å². The van der Waals surface area contributed by atoms with Gasteiger partial charge in [-0.1, -0.05) is 78.4 Å². The Morgan fingerprint density at radius 2 is 1.80 bits per heavy atom. The van der Waals surface area contributed by atoms with Crippen LogP contribution < -0.4 is 10.6 Å².